The zero-order valence-corrected chi connectivity index (χ0v) is 19.7. The third-order valence-corrected chi connectivity index (χ3v) is 7.25. The van der Waals surface area contributed by atoms with Crippen LogP contribution in [-0.4, -0.2) is 39.4 Å². The SMILES string of the molecule is Cc1nc(Br)c(Br)n1CC(NC(=O)OCC1c2ccccc2-c2ccccc21)C(=O)O. The van der Waals surface area contributed by atoms with Gasteiger partial charge in [0.2, 0.25) is 0 Å². The van der Waals surface area contributed by atoms with E-state index in [1.165, 1.54) is 0 Å². The molecule has 1 unspecified atom stereocenters. The summed E-state index contributed by atoms with van der Waals surface area (Å²) in [5.74, 6) is -0.647. The van der Waals surface area contributed by atoms with E-state index in [0.717, 1.165) is 22.3 Å². The van der Waals surface area contributed by atoms with Gasteiger partial charge in [-0.15, -0.1) is 0 Å². The quantitative estimate of drug-likeness (QED) is 0.465. The second kappa shape index (κ2) is 8.84. The number of aliphatic carboxylic acids is 1. The normalized spacial score (nSPS) is 13.4. The Balaban J connectivity index is 1.45. The van der Waals surface area contributed by atoms with Crippen LogP contribution in [0, 0.1) is 6.92 Å². The minimum absolute atomic E-state index is 0.00451. The van der Waals surface area contributed by atoms with Crippen molar-refractivity contribution >= 4 is 43.9 Å². The van der Waals surface area contributed by atoms with Crippen LogP contribution in [0.25, 0.3) is 11.1 Å². The molecule has 0 radical (unpaired) electrons. The molecule has 4 rings (SSSR count). The van der Waals surface area contributed by atoms with Gasteiger partial charge in [0, 0.05) is 5.92 Å². The van der Waals surface area contributed by atoms with Gasteiger partial charge in [0.25, 0.3) is 0 Å². The number of carboxylic acids is 1. The Morgan fingerprint density at radius 1 is 1.13 bits per heavy atom. The van der Waals surface area contributed by atoms with Gasteiger partial charge in [-0.25, -0.2) is 14.6 Å². The van der Waals surface area contributed by atoms with Crippen LogP contribution in [0.3, 0.4) is 0 Å². The van der Waals surface area contributed by atoms with E-state index in [4.69, 9.17) is 4.74 Å². The molecule has 1 heterocycles. The topological polar surface area (TPSA) is 93.5 Å². The summed E-state index contributed by atoms with van der Waals surface area (Å²) >= 11 is 6.66. The van der Waals surface area contributed by atoms with E-state index in [0.29, 0.717) is 15.0 Å². The van der Waals surface area contributed by atoms with Crippen LogP contribution in [0.5, 0.6) is 0 Å². The average molecular weight is 549 g/mol. The van der Waals surface area contributed by atoms with Crippen molar-refractivity contribution in [2.45, 2.75) is 25.4 Å². The number of aromatic nitrogens is 2. The van der Waals surface area contributed by atoms with E-state index in [9.17, 15) is 14.7 Å². The molecule has 0 saturated carbocycles. The number of nitrogens with one attached hydrogen (secondary N) is 1. The fraction of sp³-hybridized carbons (Fsp3) is 0.227. The number of carboxylic acid groups (broad SMARTS) is 1. The first-order chi connectivity index (χ1) is 14.9. The van der Waals surface area contributed by atoms with Crippen molar-refractivity contribution < 1.29 is 19.4 Å². The Morgan fingerprint density at radius 2 is 1.71 bits per heavy atom. The predicted molar refractivity (Wildman–Crippen MR) is 122 cm³/mol. The van der Waals surface area contributed by atoms with E-state index >= 15 is 0 Å². The number of aryl methyl sites for hydroxylation is 1. The van der Waals surface area contributed by atoms with Crippen LogP contribution in [0.4, 0.5) is 4.79 Å². The molecule has 1 aliphatic rings. The summed E-state index contributed by atoms with van der Waals surface area (Å²) in [6.45, 7) is 1.87. The number of alkyl carbamates (subject to hydrolysis) is 1. The van der Waals surface area contributed by atoms with Crippen molar-refractivity contribution in [1.82, 2.24) is 14.9 Å². The fourth-order valence-corrected chi connectivity index (χ4v) is 4.83. The third-order valence-electron chi connectivity index (χ3n) is 5.36. The molecule has 2 N–H and O–H groups in total. The van der Waals surface area contributed by atoms with Gasteiger partial charge in [-0.05, 0) is 61.0 Å². The van der Waals surface area contributed by atoms with E-state index in [1.54, 1.807) is 11.5 Å². The highest BCUT2D eigenvalue weighted by Gasteiger charge is 2.30. The minimum Gasteiger partial charge on any atom is -0.480 e. The molecule has 1 aliphatic carbocycles. The summed E-state index contributed by atoms with van der Waals surface area (Å²) in [7, 11) is 0. The van der Waals surface area contributed by atoms with Crippen LogP contribution in [-0.2, 0) is 16.1 Å². The highest BCUT2D eigenvalue weighted by Crippen LogP contribution is 2.44. The molecule has 0 saturated heterocycles. The maximum atomic E-state index is 12.5. The summed E-state index contributed by atoms with van der Waals surface area (Å²) in [6, 6.07) is 14.9. The van der Waals surface area contributed by atoms with Crippen molar-refractivity contribution in [3.8, 4) is 11.1 Å². The summed E-state index contributed by atoms with van der Waals surface area (Å²) < 4.78 is 8.29. The van der Waals surface area contributed by atoms with Gasteiger partial charge in [0.05, 0.1) is 6.54 Å². The second-order valence-electron chi connectivity index (χ2n) is 7.21. The van der Waals surface area contributed by atoms with Crippen molar-refractivity contribution in [3.63, 3.8) is 0 Å². The number of hydrogen-bond acceptors (Lipinski definition) is 4. The van der Waals surface area contributed by atoms with E-state index < -0.39 is 18.1 Å². The molecule has 7 nitrogen and oxygen atoms in total. The highest BCUT2D eigenvalue weighted by molar-refractivity contribution is 9.13. The van der Waals surface area contributed by atoms with E-state index in [2.05, 4.69) is 54.3 Å². The molecule has 2 aromatic carbocycles. The second-order valence-corrected chi connectivity index (χ2v) is 8.71. The predicted octanol–water partition coefficient (Wildman–Crippen LogP) is 4.71. The zero-order valence-electron chi connectivity index (χ0n) is 16.5. The lowest BCUT2D eigenvalue weighted by Gasteiger charge is -2.18. The van der Waals surface area contributed by atoms with Gasteiger partial charge in [0.15, 0.2) is 0 Å². The number of halogens is 2. The molecule has 9 heteroatoms. The Labute approximate surface area is 195 Å². The summed E-state index contributed by atoms with van der Waals surface area (Å²) in [5.41, 5.74) is 4.44. The van der Waals surface area contributed by atoms with Crippen molar-refractivity contribution in [2.75, 3.05) is 6.61 Å². The van der Waals surface area contributed by atoms with Crippen LogP contribution >= 0.6 is 31.9 Å². The molecule has 1 aromatic heterocycles. The van der Waals surface area contributed by atoms with E-state index in [-0.39, 0.29) is 19.1 Å². The number of ether oxygens (including phenoxy) is 1. The Kier molecular flexibility index (Phi) is 6.15. The first-order valence-corrected chi connectivity index (χ1v) is 11.2. The number of carbonyl (C=O) groups excluding carboxylic acids is 1. The molecule has 160 valence electrons. The van der Waals surface area contributed by atoms with Gasteiger partial charge in [0.1, 0.15) is 27.7 Å². The standard InChI is InChI=1S/C22H19Br2N3O4/c1-12-25-19(23)20(24)27(12)10-18(21(28)29)26-22(30)31-11-17-15-8-4-2-6-13(15)14-7-3-5-9-16(14)17/h2-9,17-18H,10-11H2,1H3,(H,26,30)(H,28,29). The summed E-state index contributed by atoms with van der Waals surface area (Å²) in [4.78, 5) is 28.4. The molecule has 1 atom stereocenters. The first kappa shape index (κ1) is 21.6. The molecule has 0 fully saturated rings. The van der Waals surface area contributed by atoms with Crippen LogP contribution in [0.2, 0.25) is 0 Å². The molecule has 1 amide bonds. The van der Waals surface area contributed by atoms with Gasteiger partial charge < -0.3 is 19.7 Å². The number of benzene rings is 2. The monoisotopic (exact) mass is 547 g/mol. The Hall–Kier alpha value is -2.65. The lowest BCUT2D eigenvalue weighted by Crippen LogP contribution is -2.44. The number of carbonyl (C=O) groups is 2. The van der Waals surface area contributed by atoms with Crippen molar-refractivity contribution in [2.24, 2.45) is 0 Å². The fourth-order valence-electron chi connectivity index (χ4n) is 3.86. The van der Waals surface area contributed by atoms with Crippen LogP contribution < -0.4 is 5.32 Å². The summed E-state index contributed by atoms with van der Waals surface area (Å²) in [5, 5.41) is 12.0. The lowest BCUT2D eigenvalue weighted by molar-refractivity contribution is -0.139. The lowest BCUT2D eigenvalue weighted by atomic mass is 9.98. The third kappa shape index (κ3) is 4.24. The number of amides is 1. The zero-order chi connectivity index (χ0) is 22.1. The molecular weight excluding hydrogens is 530 g/mol. The minimum atomic E-state index is -1.17. The molecule has 0 aliphatic heterocycles. The average Bonchev–Trinajstić information content (AvgIpc) is 3.20. The smallest absolute Gasteiger partial charge is 0.407 e. The molecule has 0 spiro atoms. The summed E-state index contributed by atoms with van der Waals surface area (Å²) in [6.07, 6.45) is -0.776. The number of rotatable bonds is 6. The van der Waals surface area contributed by atoms with Crippen LogP contribution in [0.1, 0.15) is 22.9 Å². The van der Waals surface area contributed by atoms with Crippen molar-refractivity contribution in [1.29, 1.82) is 0 Å². The van der Waals surface area contributed by atoms with E-state index in [1.807, 2.05) is 36.4 Å². The molecule has 3 aromatic rings. The maximum Gasteiger partial charge on any atom is 0.407 e. The van der Waals surface area contributed by atoms with Crippen LogP contribution in [0.15, 0.2) is 57.7 Å². The molecular formula is C22H19Br2N3O4. The highest BCUT2D eigenvalue weighted by atomic mass is 79.9. The molecule has 0 bridgehead atoms. The maximum absolute atomic E-state index is 12.5. The number of nitrogens with zero attached hydrogens (tertiary/aromatic N) is 2. The van der Waals surface area contributed by atoms with Gasteiger partial charge in [-0.2, -0.15) is 0 Å². The number of fused-ring (bicyclic) bond motifs is 3. The van der Waals surface area contributed by atoms with Gasteiger partial charge in [-0.1, -0.05) is 48.5 Å². The number of hydrogen-bond donors (Lipinski definition) is 2. The largest absolute Gasteiger partial charge is 0.480 e. The van der Waals surface area contributed by atoms with Gasteiger partial charge in [-0.3, -0.25) is 0 Å². The Morgan fingerprint density at radius 3 is 2.23 bits per heavy atom. The molecule has 31 heavy (non-hydrogen) atoms. The Bertz CT molecular complexity index is 1120. The first-order valence-electron chi connectivity index (χ1n) is 9.59. The number of imidazole rings is 1. The van der Waals surface area contributed by atoms with Gasteiger partial charge >= 0.3 is 12.1 Å². The van der Waals surface area contributed by atoms with Crippen molar-refractivity contribution in [3.05, 3.63) is 74.7 Å².